The fourth-order valence-corrected chi connectivity index (χ4v) is 2.12. The van der Waals surface area contributed by atoms with Crippen LogP contribution in [0.5, 0.6) is 0 Å². The van der Waals surface area contributed by atoms with Gasteiger partial charge in [0, 0.05) is 6.21 Å². The van der Waals surface area contributed by atoms with Gasteiger partial charge in [-0.15, -0.1) is 0 Å². The van der Waals surface area contributed by atoms with Crippen LogP contribution in [-0.2, 0) is 9.53 Å². The number of hydrogen-bond acceptors (Lipinski definition) is 4. The van der Waals surface area contributed by atoms with E-state index in [-0.39, 0.29) is 12.6 Å². The van der Waals surface area contributed by atoms with Gasteiger partial charge in [-0.05, 0) is 35.7 Å². The van der Waals surface area contributed by atoms with E-state index >= 15 is 0 Å². The molecule has 9 heteroatoms. The van der Waals surface area contributed by atoms with Crippen LogP contribution in [0.25, 0.3) is 5.76 Å². The second kappa shape index (κ2) is 7.33. The summed E-state index contributed by atoms with van der Waals surface area (Å²) in [6, 6.07) is -0.0738. The van der Waals surface area contributed by atoms with Gasteiger partial charge in [-0.25, -0.2) is 22.4 Å². The van der Waals surface area contributed by atoms with Crippen LogP contribution >= 0.6 is 15.9 Å². The Kier molecular flexibility index (Phi) is 5.63. The van der Waals surface area contributed by atoms with Crippen molar-refractivity contribution in [2.24, 2.45) is 4.99 Å². The smallest absolute Gasteiger partial charge is 0.343 e. The van der Waals surface area contributed by atoms with Crippen LogP contribution in [0.4, 0.5) is 17.6 Å². The zero-order valence-corrected chi connectivity index (χ0v) is 14.0. The summed E-state index contributed by atoms with van der Waals surface area (Å²) in [6.45, 7) is 1.39. The van der Waals surface area contributed by atoms with E-state index in [0.29, 0.717) is 0 Å². The normalized spacial score (nSPS) is 15.6. The lowest BCUT2D eigenvalue weighted by Crippen LogP contribution is -2.14. The monoisotopic (exact) mass is 409 g/mol. The van der Waals surface area contributed by atoms with Crippen LogP contribution in [0.1, 0.15) is 25.3 Å². The summed E-state index contributed by atoms with van der Waals surface area (Å²) < 4.78 is 58.8. The van der Waals surface area contributed by atoms with E-state index in [2.05, 4.69) is 25.7 Å². The van der Waals surface area contributed by atoms with Crippen LogP contribution in [0.3, 0.4) is 0 Å². The largest absolute Gasteiger partial charge is 0.506 e. The molecule has 1 aromatic rings. The summed E-state index contributed by atoms with van der Waals surface area (Å²) in [6.07, 6.45) is 2.41. The van der Waals surface area contributed by atoms with Crippen molar-refractivity contribution in [3.63, 3.8) is 0 Å². The maximum Gasteiger partial charge on any atom is 0.343 e. The molecule has 0 aromatic heterocycles. The highest BCUT2D eigenvalue weighted by molar-refractivity contribution is 9.10. The maximum atomic E-state index is 14.0. The van der Waals surface area contributed by atoms with E-state index in [4.69, 9.17) is 0 Å². The molecule has 0 heterocycles. The molecule has 1 aromatic carbocycles. The third-order valence-corrected chi connectivity index (χ3v) is 3.85. The minimum Gasteiger partial charge on any atom is -0.506 e. The molecule has 24 heavy (non-hydrogen) atoms. The van der Waals surface area contributed by atoms with Crippen LogP contribution in [0.15, 0.2) is 15.0 Å². The molecular formula is C15H12BrF4NO3. The molecule has 1 aliphatic rings. The fourth-order valence-electron chi connectivity index (χ4n) is 1.77. The van der Waals surface area contributed by atoms with E-state index in [1.165, 1.54) is 6.92 Å². The second-order valence-electron chi connectivity index (χ2n) is 4.94. The predicted octanol–water partition coefficient (Wildman–Crippen LogP) is 4.07. The first-order valence-corrected chi connectivity index (χ1v) is 7.74. The highest BCUT2D eigenvalue weighted by atomic mass is 79.9. The number of benzene rings is 1. The average Bonchev–Trinajstić information content (AvgIpc) is 3.36. The third kappa shape index (κ3) is 3.61. The predicted molar refractivity (Wildman–Crippen MR) is 81.7 cm³/mol. The zero-order chi connectivity index (χ0) is 18.0. The van der Waals surface area contributed by atoms with Gasteiger partial charge < -0.3 is 9.84 Å². The Morgan fingerprint density at radius 1 is 1.25 bits per heavy atom. The second-order valence-corrected chi connectivity index (χ2v) is 5.73. The molecule has 130 valence electrons. The highest BCUT2D eigenvalue weighted by Gasteiger charge is 2.30. The van der Waals surface area contributed by atoms with Gasteiger partial charge in [0.25, 0.3) is 0 Å². The van der Waals surface area contributed by atoms with Crippen molar-refractivity contribution >= 4 is 33.9 Å². The topological polar surface area (TPSA) is 58.9 Å². The van der Waals surface area contributed by atoms with Crippen molar-refractivity contribution in [1.82, 2.24) is 0 Å². The molecule has 0 saturated heterocycles. The minimum atomic E-state index is -1.85. The molecule has 1 N–H and O–H groups in total. The quantitative estimate of drug-likeness (QED) is 0.152. The fraction of sp³-hybridized carbons (Fsp3) is 0.333. The van der Waals surface area contributed by atoms with Gasteiger partial charge in [-0.3, -0.25) is 4.99 Å². The molecule has 0 radical (unpaired) electrons. The van der Waals surface area contributed by atoms with Gasteiger partial charge in [-0.1, -0.05) is 0 Å². The number of aliphatic hydroxyl groups is 1. The first kappa shape index (κ1) is 18.4. The number of hydrogen-bond donors (Lipinski definition) is 1. The first-order chi connectivity index (χ1) is 11.3. The maximum absolute atomic E-state index is 14.0. The molecule has 2 rings (SSSR count). The lowest BCUT2D eigenvalue weighted by Gasteiger charge is -2.11. The average molecular weight is 410 g/mol. The number of nitrogens with zero attached hydrogens (tertiary/aromatic N) is 1. The third-order valence-electron chi connectivity index (χ3n) is 3.16. The molecule has 1 aliphatic carbocycles. The molecule has 0 atom stereocenters. The molecular weight excluding hydrogens is 398 g/mol. The Balaban J connectivity index is 2.64. The van der Waals surface area contributed by atoms with Crippen molar-refractivity contribution in [2.45, 2.75) is 25.8 Å². The summed E-state index contributed by atoms with van der Waals surface area (Å²) in [5.41, 5.74) is -2.10. The number of esters is 1. The lowest BCUT2D eigenvalue weighted by molar-refractivity contribution is -0.137. The molecule has 0 aliphatic heterocycles. The summed E-state index contributed by atoms with van der Waals surface area (Å²) in [7, 11) is 0. The first-order valence-electron chi connectivity index (χ1n) is 6.94. The summed E-state index contributed by atoms with van der Waals surface area (Å²) >= 11 is 2.37. The highest BCUT2D eigenvalue weighted by Crippen LogP contribution is 2.32. The number of aliphatic hydroxyl groups excluding tert-OH is 1. The molecule has 0 spiro atoms. The van der Waals surface area contributed by atoms with E-state index in [1.54, 1.807) is 0 Å². The van der Waals surface area contributed by atoms with E-state index in [0.717, 1.165) is 19.1 Å². The number of halogens is 5. The summed E-state index contributed by atoms with van der Waals surface area (Å²) in [5.74, 6) is -9.59. The van der Waals surface area contributed by atoms with Crippen molar-refractivity contribution in [3.05, 3.63) is 38.9 Å². The van der Waals surface area contributed by atoms with Gasteiger partial charge in [0.1, 0.15) is 11.3 Å². The standard InChI is InChI=1S/C15H12BrF4NO3/c1-2-24-15(23)7(5-21-6-3-4-6)14(22)8-10(17)12(19)9(16)13(20)11(8)18/h5-6,22H,2-4H2,1H3/b14-7-,21-5?. The number of rotatable bonds is 5. The number of aliphatic imine (C=N–C) groups is 1. The number of ether oxygens (including phenoxy) is 1. The van der Waals surface area contributed by atoms with Crippen molar-refractivity contribution in [3.8, 4) is 0 Å². The van der Waals surface area contributed by atoms with Gasteiger partial charge >= 0.3 is 5.97 Å². The van der Waals surface area contributed by atoms with Crippen LogP contribution < -0.4 is 0 Å². The van der Waals surface area contributed by atoms with Crippen molar-refractivity contribution in [1.29, 1.82) is 0 Å². The Morgan fingerprint density at radius 2 is 1.79 bits per heavy atom. The van der Waals surface area contributed by atoms with Gasteiger partial charge in [-0.2, -0.15) is 0 Å². The van der Waals surface area contributed by atoms with Crippen molar-refractivity contribution in [2.75, 3.05) is 6.61 Å². The van der Waals surface area contributed by atoms with Crippen molar-refractivity contribution < 1.29 is 32.2 Å². The summed E-state index contributed by atoms with van der Waals surface area (Å²) in [4.78, 5) is 15.8. The van der Waals surface area contributed by atoms with Crippen LogP contribution in [-0.4, -0.2) is 29.9 Å². The van der Waals surface area contributed by atoms with Gasteiger partial charge in [0.05, 0.1) is 22.7 Å². The number of carbonyl (C=O) groups excluding carboxylic acids is 1. The zero-order valence-electron chi connectivity index (χ0n) is 12.4. The van der Waals surface area contributed by atoms with Crippen LogP contribution in [0.2, 0.25) is 0 Å². The Bertz CT molecular complexity index is 716. The van der Waals surface area contributed by atoms with E-state index in [9.17, 15) is 27.5 Å². The Hall–Kier alpha value is -1.90. The van der Waals surface area contributed by atoms with E-state index in [1.807, 2.05) is 0 Å². The molecule has 0 bridgehead atoms. The van der Waals surface area contributed by atoms with Gasteiger partial charge in [0.2, 0.25) is 0 Å². The van der Waals surface area contributed by atoms with Gasteiger partial charge in [0.15, 0.2) is 23.3 Å². The Morgan fingerprint density at radius 3 is 2.25 bits per heavy atom. The number of carbonyl (C=O) groups is 1. The lowest BCUT2D eigenvalue weighted by atomic mass is 10.1. The molecule has 1 saturated carbocycles. The molecule has 4 nitrogen and oxygen atoms in total. The minimum absolute atomic E-state index is 0.0738. The molecule has 0 amide bonds. The van der Waals surface area contributed by atoms with Crippen LogP contribution in [0, 0.1) is 23.3 Å². The summed E-state index contributed by atoms with van der Waals surface area (Å²) in [5, 5.41) is 10.1. The Labute approximate surface area is 143 Å². The molecule has 0 unspecified atom stereocenters. The van der Waals surface area contributed by atoms with E-state index < -0.39 is 50.6 Å². The molecule has 1 fully saturated rings. The SMILES string of the molecule is CCOC(=O)/C(C=NC1CC1)=C(\O)c1c(F)c(F)c(Br)c(F)c1F.